The molecular formula is C12H12O3. The second kappa shape index (κ2) is 2.75. The van der Waals surface area contributed by atoms with Crippen molar-refractivity contribution in [1.82, 2.24) is 0 Å². The van der Waals surface area contributed by atoms with E-state index in [9.17, 15) is 9.90 Å². The number of aliphatic carboxylic acids is 1. The Kier molecular flexibility index (Phi) is 1.61. The largest absolute Gasteiger partial charge is 0.486 e. The van der Waals surface area contributed by atoms with Gasteiger partial charge < -0.3 is 9.84 Å². The monoisotopic (exact) mass is 204 g/mol. The summed E-state index contributed by atoms with van der Waals surface area (Å²) < 4.78 is 5.82. The van der Waals surface area contributed by atoms with Crippen LogP contribution in [0.3, 0.4) is 0 Å². The molecule has 1 N–H and O–H groups in total. The van der Waals surface area contributed by atoms with E-state index in [-0.39, 0.29) is 0 Å². The first-order valence-corrected chi connectivity index (χ1v) is 5.24. The number of ether oxygens (including phenoxy) is 1. The fourth-order valence-electron chi connectivity index (χ4n) is 2.65. The van der Waals surface area contributed by atoms with Crippen molar-refractivity contribution in [2.75, 3.05) is 0 Å². The molecule has 1 fully saturated rings. The van der Waals surface area contributed by atoms with E-state index in [1.165, 1.54) is 0 Å². The molecule has 0 amide bonds. The van der Waals surface area contributed by atoms with Crippen LogP contribution in [0, 0.1) is 0 Å². The number of fused-ring (bicyclic) bond motifs is 1. The standard InChI is InChI=1S/C12H12O3/c13-11(14)10-8-4-1-2-5-9(8)15-12(10)6-3-7-12/h1-2,4-5,10H,3,6-7H2,(H,13,14). The highest BCUT2D eigenvalue weighted by Crippen LogP contribution is 2.54. The minimum Gasteiger partial charge on any atom is -0.486 e. The molecule has 1 spiro atoms. The molecule has 1 unspecified atom stereocenters. The summed E-state index contributed by atoms with van der Waals surface area (Å²) >= 11 is 0. The van der Waals surface area contributed by atoms with Crippen LogP contribution in [-0.4, -0.2) is 16.7 Å². The van der Waals surface area contributed by atoms with Crippen LogP contribution in [-0.2, 0) is 4.79 Å². The van der Waals surface area contributed by atoms with Crippen LogP contribution in [0.15, 0.2) is 24.3 Å². The maximum absolute atomic E-state index is 11.3. The predicted molar refractivity (Wildman–Crippen MR) is 54.0 cm³/mol. The third-order valence-corrected chi connectivity index (χ3v) is 3.52. The van der Waals surface area contributed by atoms with Gasteiger partial charge in [0, 0.05) is 5.56 Å². The molecule has 0 bridgehead atoms. The first-order chi connectivity index (χ1) is 7.23. The van der Waals surface area contributed by atoms with Gasteiger partial charge in [-0.05, 0) is 25.3 Å². The highest BCUT2D eigenvalue weighted by molar-refractivity contribution is 5.80. The van der Waals surface area contributed by atoms with E-state index in [2.05, 4.69) is 0 Å². The third kappa shape index (κ3) is 1.03. The molecule has 1 atom stereocenters. The number of benzene rings is 1. The van der Waals surface area contributed by atoms with Gasteiger partial charge in [-0.25, -0.2) is 0 Å². The highest BCUT2D eigenvalue weighted by Gasteiger charge is 2.55. The highest BCUT2D eigenvalue weighted by atomic mass is 16.5. The maximum atomic E-state index is 11.3. The minimum absolute atomic E-state index is 0.435. The fourth-order valence-corrected chi connectivity index (χ4v) is 2.65. The zero-order valence-corrected chi connectivity index (χ0v) is 8.27. The molecule has 3 nitrogen and oxygen atoms in total. The second-order valence-electron chi connectivity index (χ2n) is 4.33. The summed E-state index contributed by atoms with van der Waals surface area (Å²) in [6.07, 6.45) is 2.79. The van der Waals surface area contributed by atoms with Crippen LogP contribution < -0.4 is 4.74 Å². The summed E-state index contributed by atoms with van der Waals surface area (Å²) in [5.41, 5.74) is 0.403. The topological polar surface area (TPSA) is 46.5 Å². The molecule has 0 aromatic heterocycles. The van der Waals surface area contributed by atoms with E-state index in [1.807, 2.05) is 24.3 Å². The van der Waals surface area contributed by atoms with Crippen LogP contribution in [0.4, 0.5) is 0 Å². The van der Waals surface area contributed by atoms with E-state index in [4.69, 9.17) is 4.74 Å². The van der Waals surface area contributed by atoms with Gasteiger partial charge in [-0.2, -0.15) is 0 Å². The average molecular weight is 204 g/mol. The lowest BCUT2D eigenvalue weighted by atomic mass is 9.70. The van der Waals surface area contributed by atoms with Crippen molar-refractivity contribution in [3.63, 3.8) is 0 Å². The number of para-hydroxylation sites is 1. The van der Waals surface area contributed by atoms with Crippen LogP contribution in [0.25, 0.3) is 0 Å². The number of hydrogen-bond acceptors (Lipinski definition) is 2. The Bertz CT molecular complexity index is 421. The molecule has 2 aliphatic rings. The van der Waals surface area contributed by atoms with E-state index in [0.29, 0.717) is 0 Å². The van der Waals surface area contributed by atoms with Crippen molar-refractivity contribution >= 4 is 5.97 Å². The molecule has 3 rings (SSSR count). The molecule has 1 aliphatic heterocycles. The SMILES string of the molecule is O=C(O)C1c2ccccc2OC12CCC2. The van der Waals surface area contributed by atoms with E-state index < -0.39 is 17.5 Å². The number of carboxylic acid groups (broad SMARTS) is 1. The molecule has 0 saturated heterocycles. The zero-order chi connectivity index (χ0) is 10.5. The van der Waals surface area contributed by atoms with Crippen LogP contribution >= 0.6 is 0 Å². The van der Waals surface area contributed by atoms with Crippen molar-refractivity contribution in [1.29, 1.82) is 0 Å². The molecule has 1 saturated carbocycles. The Balaban J connectivity index is 2.10. The Morgan fingerprint density at radius 1 is 1.40 bits per heavy atom. The first kappa shape index (κ1) is 8.77. The normalized spacial score (nSPS) is 25.5. The lowest BCUT2D eigenvalue weighted by Crippen LogP contribution is -2.47. The predicted octanol–water partition coefficient (Wildman–Crippen LogP) is 2.17. The first-order valence-electron chi connectivity index (χ1n) is 5.24. The Hall–Kier alpha value is -1.51. The van der Waals surface area contributed by atoms with Crippen LogP contribution in [0.2, 0.25) is 0 Å². The van der Waals surface area contributed by atoms with Crippen LogP contribution in [0.1, 0.15) is 30.7 Å². The molecule has 1 aromatic carbocycles. The summed E-state index contributed by atoms with van der Waals surface area (Å²) in [5.74, 6) is -0.480. The maximum Gasteiger partial charge on any atom is 0.315 e. The average Bonchev–Trinajstić information content (AvgIpc) is 2.51. The van der Waals surface area contributed by atoms with Gasteiger partial charge in [-0.3, -0.25) is 4.79 Å². The Labute approximate surface area is 87.7 Å². The van der Waals surface area contributed by atoms with Crippen LogP contribution in [0.5, 0.6) is 5.75 Å². The van der Waals surface area contributed by atoms with Crippen molar-refractivity contribution in [2.24, 2.45) is 0 Å². The number of rotatable bonds is 1. The lowest BCUT2D eigenvalue weighted by molar-refractivity contribution is -0.146. The van der Waals surface area contributed by atoms with Gasteiger partial charge in [0.2, 0.25) is 0 Å². The molecule has 1 heterocycles. The number of carbonyl (C=O) groups is 1. The molecule has 1 aromatic rings. The molecule has 15 heavy (non-hydrogen) atoms. The Morgan fingerprint density at radius 2 is 2.13 bits per heavy atom. The number of hydrogen-bond donors (Lipinski definition) is 1. The van der Waals surface area contributed by atoms with Crippen molar-refractivity contribution in [3.8, 4) is 5.75 Å². The zero-order valence-electron chi connectivity index (χ0n) is 8.27. The summed E-state index contributed by atoms with van der Waals surface area (Å²) in [6, 6.07) is 7.48. The van der Waals surface area contributed by atoms with Gasteiger partial charge in [-0.15, -0.1) is 0 Å². The van der Waals surface area contributed by atoms with E-state index in [1.54, 1.807) is 0 Å². The molecule has 1 aliphatic carbocycles. The third-order valence-electron chi connectivity index (χ3n) is 3.52. The molecule has 0 radical (unpaired) electrons. The molecule has 78 valence electrons. The fraction of sp³-hybridized carbons (Fsp3) is 0.417. The van der Waals surface area contributed by atoms with Gasteiger partial charge in [0.25, 0.3) is 0 Å². The van der Waals surface area contributed by atoms with Gasteiger partial charge >= 0.3 is 5.97 Å². The van der Waals surface area contributed by atoms with Gasteiger partial charge in [-0.1, -0.05) is 18.2 Å². The lowest BCUT2D eigenvalue weighted by Gasteiger charge is -2.40. The quantitative estimate of drug-likeness (QED) is 0.762. The van der Waals surface area contributed by atoms with Crippen molar-refractivity contribution in [3.05, 3.63) is 29.8 Å². The smallest absolute Gasteiger partial charge is 0.315 e. The summed E-state index contributed by atoms with van der Waals surface area (Å²) in [7, 11) is 0. The summed E-state index contributed by atoms with van der Waals surface area (Å²) in [4.78, 5) is 11.3. The van der Waals surface area contributed by atoms with Crippen molar-refractivity contribution in [2.45, 2.75) is 30.8 Å². The number of carboxylic acids is 1. The minimum atomic E-state index is -0.764. The summed E-state index contributed by atoms with van der Waals surface area (Å²) in [6.45, 7) is 0. The Morgan fingerprint density at radius 3 is 2.73 bits per heavy atom. The van der Waals surface area contributed by atoms with Gasteiger partial charge in [0.15, 0.2) is 0 Å². The van der Waals surface area contributed by atoms with Gasteiger partial charge in [0.1, 0.15) is 17.3 Å². The van der Waals surface area contributed by atoms with Gasteiger partial charge in [0.05, 0.1) is 0 Å². The van der Waals surface area contributed by atoms with E-state index >= 15 is 0 Å². The van der Waals surface area contributed by atoms with E-state index in [0.717, 1.165) is 30.6 Å². The van der Waals surface area contributed by atoms with Crippen molar-refractivity contribution < 1.29 is 14.6 Å². The summed E-state index contributed by atoms with van der Waals surface area (Å²) in [5, 5.41) is 9.28. The molecular weight excluding hydrogens is 192 g/mol. The molecule has 3 heteroatoms. The second-order valence-corrected chi connectivity index (χ2v) is 4.33.